The Balaban J connectivity index is 1.75. The zero-order valence-electron chi connectivity index (χ0n) is 9.33. The summed E-state index contributed by atoms with van der Waals surface area (Å²) >= 11 is 2.10. The van der Waals surface area contributed by atoms with Gasteiger partial charge in [0.15, 0.2) is 0 Å². The molecule has 0 aromatic carbocycles. The van der Waals surface area contributed by atoms with E-state index in [4.69, 9.17) is 0 Å². The maximum Gasteiger partial charge on any atom is 0.0168 e. The lowest BCUT2D eigenvalue weighted by Gasteiger charge is -2.36. The number of thioether (sulfide) groups is 1. The molecule has 3 heteroatoms. The van der Waals surface area contributed by atoms with Crippen LogP contribution in [0.25, 0.3) is 0 Å². The third-order valence-corrected chi connectivity index (χ3v) is 4.77. The molecule has 2 aliphatic heterocycles. The van der Waals surface area contributed by atoms with Crippen molar-refractivity contribution < 1.29 is 0 Å². The van der Waals surface area contributed by atoms with Gasteiger partial charge in [-0.2, -0.15) is 11.8 Å². The van der Waals surface area contributed by atoms with Gasteiger partial charge < -0.3 is 10.2 Å². The lowest BCUT2D eigenvalue weighted by Crippen LogP contribution is -2.48. The second-order valence-electron chi connectivity index (χ2n) is 4.78. The number of piperidine rings is 1. The Kier molecular flexibility index (Phi) is 3.74. The van der Waals surface area contributed by atoms with E-state index in [-0.39, 0.29) is 0 Å². The minimum atomic E-state index is 0.760. The van der Waals surface area contributed by atoms with Crippen LogP contribution in [0.3, 0.4) is 0 Å². The molecule has 0 aliphatic carbocycles. The molecule has 1 N–H and O–H groups in total. The van der Waals surface area contributed by atoms with Crippen LogP contribution >= 0.6 is 11.8 Å². The summed E-state index contributed by atoms with van der Waals surface area (Å²) < 4.78 is 0. The van der Waals surface area contributed by atoms with Gasteiger partial charge in [0, 0.05) is 23.9 Å². The number of rotatable bonds is 2. The number of hydrogen-bond acceptors (Lipinski definition) is 3. The van der Waals surface area contributed by atoms with Gasteiger partial charge in [0.25, 0.3) is 0 Å². The molecule has 0 spiro atoms. The Labute approximate surface area is 91.8 Å². The van der Waals surface area contributed by atoms with Crippen LogP contribution in [0.15, 0.2) is 0 Å². The van der Waals surface area contributed by atoms with Crippen molar-refractivity contribution in [2.75, 3.05) is 25.1 Å². The van der Waals surface area contributed by atoms with Crippen molar-refractivity contribution in [3.8, 4) is 0 Å². The highest BCUT2D eigenvalue weighted by atomic mass is 32.2. The molecule has 14 heavy (non-hydrogen) atoms. The van der Waals surface area contributed by atoms with E-state index in [2.05, 4.69) is 35.9 Å². The summed E-state index contributed by atoms with van der Waals surface area (Å²) in [6.45, 7) is 3.61. The summed E-state index contributed by atoms with van der Waals surface area (Å²) in [4.78, 5) is 2.47. The number of nitrogens with one attached hydrogen (secondary N) is 1. The summed E-state index contributed by atoms with van der Waals surface area (Å²) in [6.07, 6.45) is 4.05. The average molecular weight is 214 g/mol. The average Bonchev–Trinajstić information content (AvgIpc) is 2.64. The third kappa shape index (κ3) is 2.65. The van der Waals surface area contributed by atoms with Crippen LogP contribution in [0.2, 0.25) is 0 Å². The van der Waals surface area contributed by atoms with Gasteiger partial charge in [-0.3, -0.25) is 0 Å². The maximum atomic E-state index is 3.82. The second-order valence-corrected chi connectivity index (χ2v) is 5.93. The molecular weight excluding hydrogens is 192 g/mol. The topological polar surface area (TPSA) is 15.3 Å². The fourth-order valence-electron chi connectivity index (χ4n) is 2.44. The van der Waals surface area contributed by atoms with Crippen molar-refractivity contribution in [1.82, 2.24) is 10.2 Å². The molecule has 0 radical (unpaired) electrons. The van der Waals surface area contributed by atoms with Gasteiger partial charge in [-0.05, 0) is 45.5 Å². The zero-order chi connectivity index (χ0) is 9.97. The fraction of sp³-hybridized carbons (Fsp3) is 1.00. The SMILES string of the molecule is CC1CC(NC2CCSC2)CCN1C. The van der Waals surface area contributed by atoms with Crippen LogP contribution in [-0.2, 0) is 0 Å². The summed E-state index contributed by atoms with van der Waals surface area (Å²) in [6, 6.07) is 2.35. The molecule has 2 saturated heterocycles. The molecule has 3 unspecified atom stereocenters. The van der Waals surface area contributed by atoms with Gasteiger partial charge in [-0.1, -0.05) is 0 Å². The third-order valence-electron chi connectivity index (χ3n) is 3.61. The predicted octanol–water partition coefficient (Wildman–Crippen LogP) is 1.56. The van der Waals surface area contributed by atoms with Gasteiger partial charge in [-0.25, -0.2) is 0 Å². The Morgan fingerprint density at radius 1 is 1.29 bits per heavy atom. The fourth-order valence-corrected chi connectivity index (χ4v) is 3.61. The van der Waals surface area contributed by atoms with Crippen LogP contribution in [0, 0.1) is 0 Å². The molecule has 0 saturated carbocycles. The van der Waals surface area contributed by atoms with E-state index in [9.17, 15) is 0 Å². The first-order valence-corrected chi connectivity index (χ1v) is 6.95. The molecule has 0 bridgehead atoms. The monoisotopic (exact) mass is 214 g/mol. The van der Waals surface area contributed by atoms with Gasteiger partial charge >= 0.3 is 0 Å². The minimum Gasteiger partial charge on any atom is -0.310 e. The highest BCUT2D eigenvalue weighted by molar-refractivity contribution is 7.99. The highest BCUT2D eigenvalue weighted by Gasteiger charge is 2.25. The molecule has 2 aliphatic rings. The Morgan fingerprint density at radius 2 is 2.14 bits per heavy atom. The molecule has 82 valence electrons. The molecule has 2 fully saturated rings. The Hall–Kier alpha value is 0.270. The first-order valence-electron chi connectivity index (χ1n) is 5.79. The van der Waals surface area contributed by atoms with Crippen LogP contribution in [0.5, 0.6) is 0 Å². The Morgan fingerprint density at radius 3 is 2.79 bits per heavy atom. The van der Waals surface area contributed by atoms with Gasteiger partial charge in [0.2, 0.25) is 0 Å². The van der Waals surface area contributed by atoms with E-state index in [0.29, 0.717) is 0 Å². The van der Waals surface area contributed by atoms with Crippen LogP contribution in [-0.4, -0.2) is 48.1 Å². The number of likely N-dealkylation sites (tertiary alicyclic amines) is 1. The van der Waals surface area contributed by atoms with Crippen LogP contribution < -0.4 is 5.32 Å². The molecule has 2 nitrogen and oxygen atoms in total. The molecular formula is C11H22N2S. The molecule has 0 aromatic heterocycles. The van der Waals surface area contributed by atoms with Crippen molar-refractivity contribution >= 4 is 11.8 Å². The van der Waals surface area contributed by atoms with E-state index in [1.807, 2.05) is 0 Å². The molecule has 2 heterocycles. The molecule has 0 amide bonds. The standard InChI is InChI=1S/C11H22N2S/c1-9-7-10(3-5-13(9)2)12-11-4-6-14-8-11/h9-12H,3-8H2,1-2H3. The van der Waals surface area contributed by atoms with Crippen molar-refractivity contribution in [3.63, 3.8) is 0 Å². The van der Waals surface area contributed by atoms with Crippen molar-refractivity contribution in [2.24, 2.45) is 0 Å². The Bertz CT molecular complexity index is 180. The summed E-state index contributed by atoms with van der Waals surface area (Å²) in [5, 5.41) is 3.82. The molecule has 2 rings (SSSR count). The van der Waals surface area contributed by atoms with E-state index in [1.54, 1.807) is 0 Å². The van der Waals surface area contributed by atoms with Gasteiger partial charge in [0.1, 0.15) is 0 Å². The zero-order valence-corrected chi connectivity index (χ0v) is 10.1. The molecule has 3 atom stereocenters. The van der Waals surface area contributed by atoms with Crippen molar-refractivity contribution in [3.05, 3.63) is 0 Å². The number of hydrogen-bond donors (Lipinski definition) is 1. The molecule has 0 aromatic rings. The lowest BCUT2D eigenvalue weighted by molar-refractivity contribution is 0.164. The first-order chi connectivity index (χ1) is 6.75. The lowest BCUT2D eigenvalue weighted by atomic mass is 9.98. The number of nitrogens with zero attached hydrogens (tertiary/aromatic N) is 1. The predicted molar refractivity (Wildman–Crippen MR) is 64.0 cm³/mol. The van der Waals surface area contributed by atoms with Crippen LogP contribution in [0.4, 0.5) is 0 Å². The quantitative estimate of drug-likeness (QED) is 0.751. The smallest absolute Gasteiger partial charge is 0.0168 e. The minimum absolute atomic E-state index is 0.760. The van der Waals surface area contributed by atoms with E-state index >= 15 is 0 Å². The van der Waals surface area contributed by atoms with Crippen LogP contribution in [0.1, 0.15) is 26.2 Å². The normalized spacial score (nSPS) is 40.3. The van der Waals surface area contributed by atoms with Gasteiger partial charge in [-0.15, -0.1) is 0 Å². The second kappa shape index (κ2) is 4.86. The van der Waals surface area contributed by atoms with Crippen molar-refractivity contribution in [2.45, 2.75) is 44.3 Å². The highest BCUT2D eigenvalue weighted by Crippen LogP contribution is 2.21. The van der Waals surface area contributed by atoms with E-state index in [1.165, 1.54) is 37.3 Å². The van der Waals surface area contributed by atoms with Crippen molar-refractivity contribution in [1.29, 1.82) is 0 Å². The maximum absolute atomic E-state index is 3.82. The summed E-state index contributed by atoms with van der Waals surface area (Å²) in [5.41, 5.74) is 0. The van der Waals surface area contributed by atoms with Gasteiger partial charge in [0.05, 0.1) is 0 Å². The van der Waals surface area contributed by atoms with E-state index in [0.717, 1.165) is 18.1 Å². The van der Waals surface area contributed by atoms with E-state index < -0.39 is 0 Å². The summed E-state index contributed by atoms with van der Waals surface area (Å²) in [5.74, 6) is 2.70. The first kappa shape index (κ1) is 10.8. The largest absolute Gasteiger partial charge is 0.310 e. The summed E-state index contributed by atoms with van der Waals surface area (Å²) in [7, 11) is 2.24.